The normalized spacial score (nSPS) is 10.6. The Labute approximate surface area is 93.8 Å². The summed E-state index contributed by atoms with van der Waals surface area (Å²) in [4.78, 5) is 0. The minimum absolute atomic E-state index is 0.333. The van der Waals surface area contributed by atoms with Crippen molar-refractivity contribution in [1.29, 1.82) is 5.41 Å². The first-order chi connectivity index (χ1) is 7.31. The fourth-order valence-electron chi connectivity index (χ4n) is 0.729. The van der Waals surface area contributed by atoms with Gasteiger partial charge < -0.3 is 11.5 Å². The molecule has 0 spiro atoms. The van der Waals surface area contributed by atoms with Crippen LogP contribution in [0.1, 0.15) is 5.56 Å². The lowest BCUT2D eigenvalue weighted by atomic mass is 10.2. The number of rotatable bonds is 2. The lowest BCUT2D eigenvalue weighted by Gasteiger charge is -1.89. The maximum Gasteiger partial charge on any atom is 0.287 e. The minimum atomic E-state index is -4.00. The largest absolute Gasteiger partial charge is 0.370 e. The summed E-state index contributed by atoms with van der Waals surface area (Å²) in [5.41, 5.74) is 9.68. The van der Waals surface area contributed by atoms with Gasteiger partial charge in [0.05, 0.1) is 5.41 Å². The highest BCUT2D eigenvalue weighted by atomic mass is 32.2. The zero-order valence-electron chi connectivity index (χ0n) is 8.37. The van der Waals surface area contributed by atoms with Crippen molar-refractivity contribution in [2.24, 2.45) is 11.5 Å². The van der Waals surface area contributed by atoms with Gasteiger partial charge in [0.1, 0.15) is 0 Å². The molecule has 1 aromatic carbocycles. The van der Waals surface area contributed by atoms with E-state index in [0.29, 0.717) is 0 Å². The van der Waals surface area contributed by atoms with Crippen LogP contribution in [-0.2, 0) is 10.1 Å². The molecule has 0 aliphatic rings. The van der Waals surface area contributed by atoms with E-state index in [1.807, 2.05) is 6.07 Å². The van der Waals surface area contributed by atoms with E-state index in [1.54, 1.807) is 24.3 Å². The zero-order chi connectivity index (χ0) is 12.6. The van der Waals surface area contributed by atoms with E-state index in [1.165, 1.54) is 6.08 Å². The van der Waals surface area contributed by atoms with Crippen LogP contribution in [0.15, 0.2) is 35.7 Å². The molecule has 7 heteroatoms. The van der Waals surface area contributed by atoms with E-state index in [0.717, 1.165) is 11.0 Å². The van der Waals surface area contributed by atoms with Gasteiger partial charge >= 0.3 is 0 Å². The second kappa shape index (κ2) is 6.59. The molecule has 0 fully saturated rings. The Morgan fingerprint density at radius 1 is 1.25 bits per heavy atom. The number of benzene rings is 1. The molecular weight excluding hydrogens is 230 g/mol. The second-order valence-corrected chi connectivity index (χ2v) is 3.99. The summed E-state index contributed by atoms with van der Waals surface area (Å²) in [5.74, 6) is -0.333. The molecule has 0 radical (unpaired) electrons. The number of nitrogens with two attached hydrogens (primary N) is 2. The highest BCUT2D eigenvalue weighted by molar-refractivity contribution is 7.88. The standard InChI is InChI=1S/C8H8O3S.CH5N3/c9-12(10,11)7-6-8-4-2-1-3-5-8;2-1(3)4/h1-7H,(H,9,10,11);(H5,2,3,4). The molecule has 0 aliphatic heterocycles. The van der Waals surface area contributed by atoms with Crippen LogP contribution in [0.25, 0.3) is 6.08 Å². The molecule has 0 unspecified atom stereocenters. The smallest absolute Gasteiger partial charge is 0.287 e. The highest BCUT2D eigenvalue weighted by Crippen LogP contribution is 2.01. The van der Waals surface area contributed by atoms with Crippen LogP contribution < -0.4 is 11.5 Å². The predicted molar refractivity (Wildman–Crippen MR) is 63.1 cm³/mol. The molecule has 0 amide bonds. The number of hydrogen-bond donors (Lipinski definition) is 4. The van der Waals surface area contributed by atoms with E-state index in [4.69, 9.17) is 9.96 Å². The van der Waals surface area contributed by atoms with E-state index in [9.17, 15) is 8.42 Å². The quantitative estimate of drug-likeness (QED) is 0.339. The Bertz CT molecular complexity index is 450. The third kappa shape index (κ3) is 10.2. The molecule has 0 bridgehead atoms. The van der Waals surface area contributed by atoms with Crippen LogP contribution in [0, 0.1) is 5.41 Å². The fraction of sp³-hybridized carbons (Fsp3) is 0. The Kier molecular flexibility index (Phi) is 5.83. The van der Waals surface area contributed by atoms with Gasteiger partial charge in [-0.15, -0.1) is 0 Å². The van der Waals surface area contributed by atoms with Gasteiger partial charge in [-0.1, -0.05) is 30.3 Å². The maximum absolute atomic E-state index is 10.3. The molecule has 0 aromatic heterocycles. The summed E-state index contributed by atoms with van der Waals surface area (Å²) in [5, 5.41) is 6.81. The third-order valence-corrected chi connectivity index (χ3v) is 1.71. The molecule has 6 nitrogen and oxygen atoms in total. The average molecular weight is 243 g/mol. The van der Waals surface area contributed by atoms with Crippen LogP contribution >= 0.6 is 0 Å². The first-order valence-corrected chi connectivity index (χ1v) is 5.61. The Balaban J connectivity index is 0.000000487. The molecule has 16 heavy (non-hydrogen) atoms. The lowest BCUT2D eigenvalue weighted by Crippen LogP contribution is -2.20. The van der Waals surface area contributed by atoms with Crippen LogP contribution in [0.5, 0.6) is 0 Å². The Morgan fingerprint density at radius 2 is 1.69 bits per heavy atom. The van der Waals surface area contributed by atoms with Crippen molar-refractivity contribution in [3.8, 4) is 0 Å². The zero-order valence-corrected chi connectivity index (χ0v) is 9.18. The van der Waals surface area contributed by atoms with Crippen molar-refractivity contribution in [3.05, 3.63) is 41.3 Å². The molecule has 1 aromatic rings. The third-order valence-electron chi connectivity index (χ3n) is 1.23. The monoisotopic (exact) mass is 243 g/mol. The van der Waals surface area contributed by atoms with Gasteiger partial charge in [0.2, 0.25) is 0 Å². The van der Waals surface area contributed by atoms with Crippen LogP contribution in [-0.4, -0.2) is 18.9 Å². The van der Waals surface area contributed by atoms with Gasteiger partial charge in [-0.3, -0.25) is 9.96 Å². The second-order valence-electron chi connectivity index (χ2n) is 2.68. The fourth-order valence-corrected chi connectivity index (χ4v) is 1.06. The van der Waals surface area contributed by atoms with Crippen LogP contribution in [0.3, 0.4) is 0 Å². The summed E-state index contributed by atoms with van der Waals surface area (Å²) >= 11 is 0. The predicted octanol–water partition coefficient (Wildman–Crippen LogP) is 0.384. The van der Waals surface area contributed by atoms with Crippen molar-refractivity contribution in [3.63, 3.8) is 0 Å². The van der Waals surface area contributed by atoms with Crippen molar-refractivity contribution in [1.82, 2.24) is 0 Å². The van der Waals surface area contributed by atoms with E-state index in [-0.39, 0.29) is 5.96 Å². The van der Waals surface area contributed by atoms with Crippen LogP contribution in [0.4, 0.5) is 0 Å². The van der Waals surface area contributed by atoms with Crippen molar-refractivity contribution >= 4 is 22.2 Å². The van der Waals surface area contributed by atoms with Gasteiger partial charge in [0, 0.05) is 0 Å². The maximum atomic E-state index is 10.3. The Hall–Kier alpha value is -1.86. The molecule has 88 valence electrons. The van der Waals surface area contributed by atoms with Gasteiger partial charge in [-0.2, -0.15) is 8.42 Å². The minimum Gasteiger partial charge on any atom is -0.370 e. The molecule has 1 rings (SSSR count). The first kappa shape index (κ1) is 14.1. The van der Waals surface area contributed by atoms with Gasteiger partial charge in [0.15, 0.2) is 5.96 Å². The van der Waals surface area contributed by atoms with Crippen LogP contribution in [0.2, 0.25) is 0 Å². The molecule has 0 saturated carbocycles. The summed E-state index contributed by atoms with van der Waals surface area (Å²) in [6.07, 6.45) is 1.33. The first-order valence-electron chi connectivity index (χ1n) is 4.11. The number of guanidine groups is 1. The highest BCUT2D eigenvalue weighted by Gasteiger charge is 1.94. The van der Waals surface area contributed by atoms with Crippen molar-refractivity contribution < 1.29 is 13.0 Å². The van der Waals surface area contributed by atoms with E-state index >= 15 is 0 Å². The SMILES string of the molecule is N=C(N)N.O=S(=O)(O)C=Cc1ccccc1. The summed E-state index contributed by atoms with van der Waals surface area (Å²) in [7, 11) is -4.00. The van der Waals surface area contributed by atoms with Gasteiger partial charge in [0.25, 0.3) is 10.1 Å². The average Bonchev–Trinajstić information content (AvgIpc) is 2.14. The van der Waals surface area contributed by atoms with Crippen molar-refractivity contribution in [2.75, 3.05) is 0 Å². The summed E-state index contributed by atoms with van der Waals surface area (Å²) < 4.78 is 28.9. The Morgan fingerprint density at radius 3 is 2.06 bits per heavy atom. The molecule has 0 saturated heterocycles. The molecule has 0 atom stereocenters. The van der Waals surface area contributed by atoms with Gasteiger partial charge in [-0.05, 0) is 11.6 Å². The molecule has 0 aliphatic carbocycles. The number of nitrogens with one attached hydrogen (secondary N) is 1. The number of hydrogen-bond acceptors (Lipinski definition) is 3. The summed E-state index contributed by atoms with van der Waals surface area (Å²) in [6.45, 7) is 0. The summed E-state index contributed by atoms with van der Waals surface area (Å²) in [6, 6.07) is 8.86. The van der Waals surface area contributed by atoms with E-state index < -0.39 is 10.1 Å². The van der Waals surface area contributed by atoms with Gasteiger partial charge in [-0.25, -0.2) is 0 Å². The molecule has 6 N–H and O–H groups in total. The topological polar surface area (TPSA) is 130 Å². The molecular formula is C9H13N3O3S. The lowest BCUT2D eigenvalue weighted by molar-refractivity contribution is 0.494. The van der Waals surface area contributed by atoms with Crippen molar-refractivity contribution in [2.45, 2.75) is 0 Å². The molecule has 0 heterocycles. The van der Waals surface area contributed by atoms with E-state index in [2.05, 4.69) is 11.5 Å².